The van der Waals surface area contributed by atoms with Crippen LogP contribution < -0.4 is 5.32 Å². The zero-order valence-corrected chi connectivity index (χ0v) is 14.7. The Morgan fingerprint density at radius 2 is 2.04 bits per heavy atom. The first-order valence-electron chi connectivity index (χ1n) is 7.32. The van der Waals surface area contributed by atoms with Gasteiger partial charge in [0.05, 0.1) is 16.2 Å². The number of aromatic carboxylic acids is 1. The molecule has 2 N–H and O–H groups in total. The number of thioether (sulfide) groups is 1. The van der Waals surface area contributed by atoms with Gasteiger partial charge in [0.25, 0.3) is 5.91 Å². The fourth-order valence-corrected chi connectivity index (χ4v) is 3.25. The van der Waals surface area contributed by atoms with E-state index in [-0.39, 0.29) is 11.5 Å². The van der Waals surface area contributed by atoms with Crippen LogP contribution in [0.25, 0.3) is 6.08 Å². The smallest absolute Gasteiger partial charge is 0.337 e. The third-order valence-corrected chi connectivity index (χ3v) is 4.70. The Morgan fingerprint density at radius 3 is 2.76 bits per heavy atom. The first-order valence-corrected chi connectivity index (χ1v) is 8.51. The lowest BCUT2D eigenvalue weighted by molar-refractivity contribution is -0.115. The minimum atomic E-state index is -1.07. The van der Waals surface area contributed by atoms with Crippen molar-refractivity contribution in [3.63, 3.8) is 0 Å². The summed E-state index contributed by atoms with van der Waals surface area (Å²) in [5.74, 6) is -1.37. The van der Waals surface area contributed by atoms with Crippen molar-refractivity contribution in [2.24, 2.45) is 4.99 Å². The first kappa shape index (κ1) is 17.3. The van der Waals surface area contributed by atoms with Gasteiger partial charge in [-0.2, -0.15) is 0 Å². The van der Waals surface area contributed by atoms with E-state index in [1.54, 1.807) is 30.3 Å². The molecule has 0 saturated carbocycles. The normalized spacial score (nSPS) is 17.1. The second kappa shape index (κ2) is 7.13. The van der Waals surface area contributed by atoms with Gasteiger partial charge in [-0.3, -0.25) is 4.79 Å². The highest BCUT2D eigenvalue weighted by atomic mass is 35.5. The Balaban J connectivity index is 1.93. The molecule has 0 bridgehead atoms. The number of aryl methyl sites for hydroxylation is 1. The maximum absolute atomic E-state index is 12.1. The van der Waals surface area contributed by atoms with Gasteiger partial charge >= 0.3 is 5.97 Å². The number of nitrogens with zero attached hydrogens (tertiary/aromatic N) is 1. The maximum Gasteiger partial charge on any atom is 0.337 e. The lowest BCUT2D eigenvalue weighted by Gasteiger charge is -2.03. The maximum atomic E-state index is 12.1. The van der Waals surface area contributed by atoms with E-state index in [4.69, 9.17) is 11.6 Å². The fraction of sp³-hybridized carbons (Fsp3) is 0.0556. The number of amidine groups is 1. The summed E-state index contributed by atoms with van der Waals surface area (Å²) < 4.78 is 0. The average molecular weight is 373 g/mol. The van der Waals surface area contributed by atoms with Gasteiger partial charge < -0.3 is 10.4 Å². The molecular formula is C18H13ClN2O3S. The Labute approximate surface area is 153 Å². The van der Waals surface area contributed by atoms with E-state index in [2.05, 4.69) is 10.3 Å². The van der Waals surface area contributed by atoms with Crippen LogP contribution in [0.4, 0.5) is 5.69 Å². The summed E-state index contributed by atoms with van der Waals surface area (Å²) in [5.41, 5.74) is 1.99. The molecule has 1 saturated heterocycles. The van der Waals surface area contributed by atoms with Crippen LogP contribution in [-0.4, -0.2) is 22.2 Å². The molecule has 1 heterocycles. The van der Waals surface area contributed by atoms with E-state index >= 15 is 0 Å². The highest BCUT2D eigenvalue weighted by Crippen LogP contribution is 2.31. The fourth-order valence-electron chi connectivity index (χ4n) is 2.24. The Kier molecular flexibility index (Phi) is 4.92. The summed E-state index contributed by atoms with van der Waals surface area (Å²) in [6.07, 6.45) is 1.68. The number of carboxylic acid groups (broad SMARTS) is 1. The van der Waals surface area contributed by atoms with Gasteiger partial charge in [0.1, 0.15) is 0 Å². The number of benzene rings is 2. The van der Waals surface area contributed by atoms with Crippen LogP contribution in [0.15, 0.2) is 52.4 Å². The highest BCUT2D eigenvalue weighted by molar-refractivity contribution is 8.18. The van der Waals surface area contributed by atoms with E-state index in [9.17, 15) is 14.7 Å². The van der Waals surface area contributed by atoms with E-state index in [1.165, 1.54) is 6.07 Å². The third kappa shape index (κ3) is 3.92. The molecule has 2 aromatic rings. The number of hydrogen-bond acceptors (Lipinski definition) is 4. The van der Waals surface area contributed by atoms with Crippen molar-refractivity contribution >= 4 is 52.2 Å². The van der Waals surface area contributed by atoms with Crippen molar-refractivity contribution in [1.29, 1.82) is 0 Å². The zero-order chi connectivity index (χ0) is 18.0. The van der Waals surface area contributed by atoms with Crippen molar-refractivity contribution in [1.82, 2.24) is 5.32 Å². The summed E-state index contributed by atoms with van der Waals surface area (Å²) in [6.45, 7) is 1.85. The molecule has 2 aromatic carbocycles. The predicted octanol–water partition coefficient (Wildman–Crippen LogP) is 4.24. The predicted molar refractivity (Wildman–Crippen MR) is 100 cm³/mol. The van der Waals surface area contributed by atoms with Gasteiger partial charge in [-0.1, -0.05) is 35.9 Å². The number of carboxylic acids is 1. The number of carbonyl (C=O) groups excluding carboxylic acids is 1. The molecule has 5 nitrogen and oxygen atoms in total. The van der Waals surface area contributed by atoms with Gasteiger partial charge in [-0.05, 0) is 54.1 Å². The van der Waals surface area contributed by atoms with Crippen molar-refractivity contribution < 1.29 is 14.7 Å². The van der Waals surface area contributed by atoms with Gasteiger partial charge in [-0.15, -0.1) is 0 Å². The van der Waals surface area contributed by atoms with Crippen LogP contribution in [0.2, 0.25) is 5.02 Å². The molecular weight excluding hydrogens is 360 g/mol. The molecule has 25 heavy (non-hydrogen) atoms. The topological polar surface area (TPSA) is 78.8 Å². The monoisotopic (exact) mass is 372 g/mol. The van der Waals surface area contributed by atoms with Crippen LogP contribution in [0.1, 0.15) is 21.5 Å². The molecule has 0 aromatic heterocycles. The molecule has 0 unspecified atom stereocenters. The third-order valence-electron chi connectivity index (χ3n) is 3.45. The second-order valence-corrected chi connectivity index (χ2v) is 6.77. The number of rotatable bonds is 3. The molecule has 0 spiro atoms. The van der Waals surface area contributed by atoms with Crippen molar-refractivity contribution in [3.05, 3.63) is 69.1 Å². The molecule has 0 aliphatic carbocycles. The molecule has 7 heteroatoms. The van der Waals surface area contributed by atoms with Gasteiger partial charge in [0, 0.05) is 5.02 Å². The minimum Gasteiger partial charge on any atom is -0.478 e. The zero-order valence-electron chi connectivity index (χ0n) is 13.1. The van der Waals surface area contributed by atoms with Crippen molar-refractivity contribution in [2.45, 2.75) is 6.92 Å². The van der Waals surface area contributed by atoms with Crippen molar-refractivity contribution in [2.75, 3.05) is 0 Å². The number of amides is 1. The summed E-state index contributed by atoms with van der Waals surface area (Å²) >= 11 is 7.25. The Bertz CT molecular complexity index is 938. The number of nitrogens with one attached hydrogen (secondary N) is 1. The van der Waals surface area contributed by atoms with Crippen LogP contribution in [0, 0.1) is 6.92 Å². The first-order chi connectivity index (χ1) is 11.9. The summed E-state index contributed by atoms with van der Waals surface area (Å²) in [7, 11) is 0. The van der Waals surface area contributed by atoms with Crippen LogP contribution >= 0.6 is 23.4 Å². The summed E-state index contributed by atoms with van der Waals surface area (Å²) in [6, 6.07) is 12.1. The molecule has 1 fully saturated rings. The molecule has 3 rings (SSSR count). The van der Waals surface area contributed by atoms with Crippen LogP contribution in [0.3, 0.4) is 0 Å². The van der Waals surface area contributed by atoms with Crippen molar-refractivity contribution in [3.8, 4) is 0 Å². The number of halogens is 1. The number of aliphatic imine (C=N–C) groups is 1. The van der Waals surface area contributed by atoms with E-state index < -0.39 is 5.97 Å². The molecule has 1 aliphatic rings. The SMILES string of the molecule is Cc1ccc(C(=O)O)c(N=C2NC(=O)/C(=C/c3ccccc3Cl)S2)c1. The standard InChI is InChI=1S/C18H13ClN2O3S/c1-10-6-7-12(17(23)24)14(8-10)20-18-21-16(22)15(25-18)9-11-4-2-3-5-13(11)19/h2-9H,1H3,(H,23,24)(H,20,21,22)/b15-9-. The summed E-state index contributed by atoms with van der Waals surface area (Å²) in [4.78, 5) is 28.2. The second-order valence-electron chi connectivity index (χ2n) is 5.33. The molecule has 1 amide bonds. The van der Waals surface area contributed by atoms with E-state index in [1.807, 2.05) is 19.1 Å². The average Bonchev–Trinajstić information content (AvgIpc) is 2.89. The van der Waals surface area contributed by atoms with Gasteiger partial charge in [0.2, 0.25) is 0 Å². The number of carbonyl (C=O) groups is 2. The minimum absolute atomic E-state index is 0.0801. The number of hydrogen-bond donors (Lipinski definition) is 2. The van der Waals surface area contributed by atoms with Crippen LogP contribution in [-0.2, 0) is 4.79 Å². The Hall–Kier alpha value is -2.57. The highest BCUT2D eigenvalue weighted by Gasteiger charge is 2.24. The molecule has 126 valence electrons. The summed E-state index contributed by atoms with van der Waals surface area (Å²) in [5, 5.41) is 12.8. The van der Waals surface area contributed by atoms with Gasteiger partial charge in [-0.25, -0.2) is 9.79 Å². The lowest BCUT2D eigenvalue weighted by atomic mass is 10.1. The molecule has 0 atom stereocenters. The van der Waals surface area contributed by atoms with E-state index in [0.29, 0.717) is 20.8 Å². The van der Waals surface area contributed by atoms with Crippen LogP contribution in [0.5, 0.6) is 0 Å². The quantitative estimate of drug-likeness (QED) is 0.790. The molecule has 1 aliphatic heterocycles. The Morgan fingerprint density at radius 1 is 1.28 bits per heavy atom. The lowest BCUT2D eigenvalue weighted by Crippen LogP contribution is -2.19. The van der Waals surface area contributed by atoms with Gasteiger partial charge in [0.15, 0.2) is 5.17 Å². The van der Waals surface area contributed by atoms with E-state index in [0.717, 1.165) is 22.9 Å². The largest absolute Gasteiger partial charge is 0.478 e. The molecule has 0 radical (unpaired) electrons.